The fourth-order valence-corrected chi connectivity index (χ4v) is 4.49. The predicted molar refractivity (Wildman–Crippen MR) is 121 cm³/mol. The summed E-state index contributed by atoms with van der Waals surface area (Å²) in [5, 5.41) is 8.30. The van der Waals surface area contributed by atoms with E-state index in [0.29, 0.717) is 18.5 Å². The lowest BCUT2D eigenvalue weighted by Crippen LogP contribution is -2.26. The minimum atomic E-state index is -0.118. The van der Waals surface area contributed by atoms with Gasteiger partial charge in [0.05, 0.1) is 22.8 Å². The standard InChI is InChI=1S/C23H25N5OS/c1-14(2)28-22-20(13-26-28)19(12-21(27-22)18-11-15(3)30-16(18)4)23(29)25-10-8-17-7-5-6-9-24-17/h5-7,9,11-14H,8,10H2,1-4H3,(H,25,29). The van der Waals surface area contributed by atoms with Crippen LogP contribution >= 0.6 is 11.3 Å². The molecule has 0 aromatic carbocycles. The van der Waals surface area contributed by atoms with E-state index >= 15 is 0 Å². The Morgan fingerprint density at radius 1 is 1.23 bits per heavy atom. The summed E-state index contributed by atoms with van der Waals surface area (Å²) in [6, 6.07) is 9.97. The van der Waals surface area contributed by atoms with Crippen LogP contribution in [-0.2, 0) is 6.42 Å². The molecule has 4 aromatic heterocycles. The number of thiophene rings is 1. The lowest BCUT2D eigenvalue weighted by Gasteiger charge is -2.11. The van der Waals surface area contributed by atoms with E-state index in [0.717, 1.165) is 28.0 Å². The zero-order valence-corrected chi connectivity index (χ0v) is 18.5. The van der Waals surface area contributed by atoms with Crippen molar-refractivity contribution in [1.29, 1.82) is 0 Å². The molecule has 0 unspecified atom stereocenters. The maximum Gasteiger partial charge on any atom is 0.252 e. The predicted octanol–water partition coefficient (Wildman–Crippen LogP) is 4.73. The van der Waals surface area contributed by atoms with Gasteiger partial charge in [0.1, 0.15) is 0 Å². The average molecular weight is 420 g/mol. The van der Waals surface area contributed by atoms with Crippen LogP contribution in [-0.4, -0.2) is 32.2 Å². The van der Waals surface area contributed by atoms with Crippen molar-refractivity contribution >= 4 is 28.3 Å². The number of hydrogen-bond donors (Lipinski definition) is 1. The van der Waals surface area contributed by atoms with Gasteiger partial charge in [0.2, 0.25) is 0 Å². The Labute approximate surface area is 180 Å². The molecule has 0 aliphatic heterocycles. The number of fused-ring (bicyclic) bond motifs is 1. The number of rotatable bonds is 6. The van der Waals surface area contributed by atoms with E-state index < -0.39 is 0 Å². The van der Waals surface area contributed by atoms with Crippen LogP contribution in [0.15, 0.2) is 42.7 Å². The van der Waals surface area contributed by atoms with Crippen LogP contribution in [0.2, 0.25) is 0 Å². The van der Waals surface area contributed by atoms with Crippen LogP contribution < -0.4 is 5.32 Å². The summed E-state index contributed by atoms with van der Waals surface area (Å²) in [7, 11) is 0. The van der Waals surface area contributed by atoms with Gasteiger partial charge in [-0.05, 0) is 52.0 Å². The lowest BCUT2D eigenvalue weighted by atomic mass is 10.1. The number of aromatic nitrogens is 4. The van der Waals surface area contributed by atoms with Crippen molar-refractivity contribution in [2.75, 3.05) is 6.54 Å². The summed E-state index contributed by atoms with van der Waals surface area (Å²) in [6.45, 7) is 8.82. The van der Waals surface area contributed by atoms with Gasteiger partial charge in [-0.3, -0.25) is 9.78 Å². The van der Waals surface area contributed by atoms with E-state index in [1.54, 1.807) is 23.7 Å². The van der Waals surface area contributed by atoms with Crippen LogP contribution in [0, 0.1) is 13.8 Å². The molecule has 154 valence electrons. The number of carbonyl (C=O) groups excluding carboxylic acids is 1. The summed E-state index contributed by atoms with van der Waals surface area (Å²) < 4.78 is 1.87. The number of hydrogen-bond acceptors (Lipinski definition) is 5. The van der Waals surface area contributed by atoms with E-state index in [1.807, 2.05) is 28.9 Å². The maximum atomic E-state index is 13.1. The number of nitrogens with zero attached hydrogens (tertiary/aromatic N) is 4. The molecule has 0 atom stereocenters. The van der Waals surface area contributed by atoms with Crippen molar-refractivity contribution in [1.82, 2.24) is 25.1 Å². The fourth-order valence-electron chi connectivity index (χ4n) is 3.55. The smallest absolute Gasteiger partial charge is 0.252 e. The van der Waals surface area contributed by atoms with Crippen molar-refractivity contribution in [3.8, 4) is 11.3 Å². The molecule has 0 radical (unpaired) electrons. The van der Waals surface area contributed by atoms with Crippen molar-refractivity contribution in [3.63, 3.8) is 0 Å². The minimum Gasteiger partial charge on any atom is -0.352 e. The molecule has 0 spiro atoms. The molecule has 0 saturated carbocycles. The molecule has 4 rings (SSSR count). The van der Waals surface area contributed by atoms with Gasteiger partial charge in [-0.2, -0.15) is 5.10 Å². The van der Waals surface area contributed by atoms with Gasteiger partial charge in [-0.25, -0.2) is 9.67 Å². The van der Waals surface area contributed by atoms with Crippen molar-refractivity contribution in [3.05, 3.63) is 63.7 Å². The maximum absolute atomic E-state index is 13.1. The van der Waals surface area contributed by atoms with Crippen LogP contribution in [0.4, 0.5) is 0 Å². The molecule has 7 heteroatoms. The van der Waals surface area contributed by atoms with Gasteiger partial charge in [0.25, 0.3) is 5.91 Å². The molecular weight excluding hydrogens is 394 g/mol. The van der Waals surface area contributed by atoms with Crippen LogP contribution in [0.25, 0.3) is 22.3 Å². The molecule has 0 aliphatic carbocycles. The molecule has 4 aromatic rings. The SMILES string of the molecule is Cc1cc(-c2cc(C(=O)NCCc3ccccn3)c3cnn(C(C)C)c3n2)c(C)s1. The monoisotopic (exact) mass is 419 g/mol. The molecule has 1 amide bonds. The Bertz CT molecular complexity index is 1190. The highest BCUT2D eigenvalue weighted by molar-refractivity contribution is 7.12. The normalized spacial score (nSPS) is 11.4. The Kier molecular flexibility index (Phi) is 5.63. The quantitative estimate of drug-likeness (QED) is 0.491. The van der Waals surface area contributed by atoms with Gasteiger partial charge in [-0.1, -0.05) is 6.07 Å². The van der Waals surface area contributed by atoms with Gasteiger partial charge >= 0.3 is 0 Å². The first-order valence-electron chi connectivity index (χ1n) is 10.1. The molecule has 0 saturated heterocycles. The number of aryl methyl sites for hydroxylation is 2. The minimum absolute atomic E-state index is 0.118. The second-order valence-electron chi connectivity index (χ2n) is 7.63. The first kappa shape index (κ1) is 20.2. The van der Waals surface area contributed by atoms with Crippen LogP contribution in [0.5, 0.6) is 0 Å². The molecule has 4 heterocycles. The fraction of sp³-hybridized carbons (Fsp3) is 0.304. The van der Waals surface area contributed by atoms with Crippen molar-refractivity contribution in [2.24, 2.45) is 0 Å². The summed E-state index contributed by atoms with van der Waals surface area (Å²) in [5.41, 5.74) is 4.17. The summed E-state index contributed by atoms with van der Waals surface area (Å²) in [5.74, 6) is -0.118. The molecule has 30 heavy (non-hydrogen) atoms. The molecule has 6 nitrogen and oxygen atoms in total. The second kappa shape index (κ2) is 8.36. The second-order valence-corrected chi connectivity index (χ2v) is 9.09. The zero-order valence-electron chi connectivity index (χ0n) is 17.6. The largest absolute Gasteiger partial charge is 0.352 e. The molecular formula is C23H25N5OS. The number of pyridine rings is 2. The Morgan fingerprint density at radius 2 is 2.07 bits per heavy atom. The van der Waals surface area contributed by atoms with E-state index in [1.165, 1.54) is 9.75 Å². The highest BCUT2D eigenvalue weighted by atomic mass is 32.1. The number of nitrogens with one attached hydrogen (secondary N) is 1. The molecule has 0 aliphatic rings. The first-order chi connectivity index (χ1) is 14.4. The summed E-state index contributed by atoms with van der Waals surface area (Å²) in [4.78, 5) is 24.7. The Balaban J connectivity index is 1.70. The van der Waals surface area contributed by atoms with Gasteiger partial charge in [0, 0.05) is 46.2 Å². The van der Waals surface area contributed by atoms with E-state index in [9.17, 15) is 4.79 Å². The topological polar surface area (TPSA) is 72.7 Å². The van der Waals surface area contributed by atoms with Crippen molar-refractivity contribution in [2.45, 2.75) is 40.2 Å². The Hall–Kier alpha value is -3.06. The molecule has 0 fully saturated rings. The number of amides is 1. The van der Waals surface area contributed by atoms with E-state index in [-0.39, 0.29) is 11.9 Å². The third-order valence-corrected chi connectivity index (χ3v) is 5.98. The molecule has 1 N–H and O–H groups in total. The third kappa shape index (κ3) is 3.98. The highest BCUT2D eigenvalue weighted by Crippen LogP contribution is 2.32. The van der Waals surface area contributed by atoms with Crippen molar-refractivity contribution < 1.29 is 4.79 Å². The average Bonchev–Trinajstić information content (AvgIpc) is 3.30. The summed E-state index contributed by atoms with van der Waals surface area (Å²) in [6.07, 6.45) is 4.19. The molecule has 0 bridgehead atoms. The van der Waals surface area contributed by atoms with Gasteiger partial charge in [0.15, 0.2) is 5.65 Å². The van der Waals surface area contributed by atoms with Crippen LogP contribution in [0.3, 0.4) is 0 Å². The number of carbonyl (C=O) groups is 1. The van der Waals surface area contributed by atoms with Crippen LogP contribution in [0.1, 0.15) is 45.7 Å². The Morgan fingerprint density at radius 3 is 2.73 bits per heavy atom. The first-order valence-corrected chi connectivity index (χ1v) is 10.9. The summed E-state index contributed by atoms with van der Waals surface area (Å²) >= 11 is 1.74. The van der Waals surface area contributed by atoms with Gasteiger partial charge in [-0.15, -0.1) is 11.3 Å². The zero-order chi connectivity index (χ0) is 21.3. The van der Waals surface area contributed by atoms with E-state index in [2.05, 4.69) is 49.2 Å². The lowest BCUT2D eigenvalue weighted by molar-refractivity contribution is 0.0955. The highest BCUT2D eigenvalue weighted by Gasteiger charge is 2.19. The van der Waals surface area contributed by atoms with E-state index in [4.69, 9.17) is 4.98 Å². The third-order valence-electron chi connectivity index (χ3n) is 5.01. The van der Waals surface area contributed by atoms with Gasteiger partial charge < -0.3 is 5.32 Å².